The zero-order valence-electron chi connectivity index (χ0n) is 9.68. The van der Waals surface area contributed by atoms with E-state index < -0.39 is 5.97 Å². The number of thiazole rings is 1. The standard InChI is InChI=1S/C12H9N3O2S2/c16-11(17)8-1-2-13-10(5-8)19-7-9-6-15-3-4-18-12(15)14-9/h1-6H,7H2,(H,16,17). The van der Waals surface area contributed by atoms with E-state index in [-0.39, 0.29) is 5.56 Å². The number of imidazole rings is 1. The van der Waals surface area contributed by atoms with Crippen molar-refractivity contribution in [3.8, 4) is 0 Å². The van der Waals surface area contributed by atoms with Gasteiger partial charge < -0.3 is 5.11 Å². The van der Waals surface area contributed by atoms with Crippen molar-refractivity contribution in [2.75, 3.05) is 0 Å². The Morgan fingerprint density at radius 3 is 3.21 bits per heavy atom. The van der Waals surface area contributed by atoms with E-state index in [1.807, 2.05) is 22.2 Å². The Hall–Kier alpha value is -1.86. The molecule has 0 aromatic carbocycles. The van der Waals surface area contributed by atoms with Gasteiger partial charge in [-0.15, -0.1) is 11.3 Å². The summed E-state index contributed by atoms with van der Waals surface area (Å²) in [6.45, 7) is 0. The number of aromatic carboxylic acids is 1. The largest absolute Gasteiger partial charge is 0.478 e. The first-order valence-corrected chi connectivity index (χ1v) is 7.32. The zero-order valence-corrected chi connectivity index (χ0v) is 11.3. The third-order valence-corrected chi connectivity index (χ3v) is 4.22. The highest BCUT2D eigenvalue weighted by Gasteiger charge is 2.07. The van der Waals surface area contributed by atoms with Crippen LogP contribution in [0.25, 0.3) is 4.96 Å². The lowest BCUT2D eigenvalue weighted by Crippen LogP contribution is -1.96. The van der Waals surface area contributed by atoms with Crippen molar-refractivity contribution in [3.63, 3.8) is 0 Å². The molecule has 7 heteroatoms. The molecule has 5 nitrogen and oxygen atoms in total. The molecule has 3 heterocycles. The van der Waals surface area contributed by atoms with E-state index in [0.717, 1.165) is 10.7 Å². The monoisotopic (exact) mass is 291 g/mol. The maximum Gasteiger partial charge on any atom is 0.335 e. The summed E-state index contributed by atoms with van der Waals surface area (Å²) in [5, 5.41) is 11.6. The van der Waals surface area contributed by atoms with Gasteiger partial charge in [0.2, 0.25) is 0 Å². The number of hydrogen-bond donors (Lipinski definition) is 1. The molecule has 0 unspecified atom stereocenters. The summed E-state index contributed by atoms with van der Waals surface area (Å²) in [6, 6.07) is 3.06. The van der Waals surface area contributed by atoms with E-state index >= 15 is 0 Å². The quantitative estimate of drug-likeness (QED) is 0.749. The van der Waals surface area contributed by atoms with E-state index in [1.54, 1.807) is 17.4 Å². The highest BCUT2D eigenvalue weighted by molar-refractivity contribution is 7.98. The maximum atomic E-state index is 10.9. The number of carbonyl (C=O) groups is 1. The second-order valence-corrected chi connectivity index (χ2v) is 5.67. The molecule has 0 aliphatic carbocycles. The van der Waals surface area contributed by atoms with Crippen molar-refractivity contribution < 1.29 is 9.90 Å². The topological polar surface area (TPSA) is 67.5 Å². The second-order valence-electron chi connectivity index (χ2n) is 3.80. The lowest BCUT2D eigenvalue weighted by molar-refractivity contribution is 0.0696. The van der Waals surface area contributed by atoms with Crippen LogP contribution < -0.4 is 0 Å². The molecule has 19 heavy (non-hydrogen) atoms. The summed E-state index contributed by atoms with van der Waals surface area (Å²) < 4.78 is 1.97. The fourth-order valence-corrected chi connectivity index (χ4v) is 3.11. The van der Waals surface area contributed by atoms with Gasteiger partial charge in [0.1, 0.15) is 0 Å². The Bertz CT molecular complexity index is 707. The molecule has 0 fully saturated rings. The van der Waals surface area contributed by atoms with E-state index in [9.17, 15) is 4.79 Å². The lowest BCUT2D eigenvalue weighted by atomic mass is 10.3. The Morgan fingerprint density at radius 2 is 2.42 bits per heavy atom. The predicted octanol–water partition coefficient (Wildman–Crippen LogP) is 2.78. The van der Waals surface area contributed by atoms with Crippen molar-refractivity contribution in [1.82, 2.24) is 14.4 Å². The van der Waals surface area contributed by atoms with Crippen LogP contribution in [0.3, 0.4) is 0 Å². The summed E-state index contributed by atoms with van der Waals surface area (Å²) in [4.78, 5) is 20.4. The number of pyridine rings is 1. The molecule has 0 radical (unpaired) electrons. The minimum atomic E-state index is -0.938. The molecule has 0 atom stereocenters. The minimum absolute atomic E-state index is 0.253. The van der Waals surface area contributed by atoms with Gasteiger partial charge >= 0.3 is 5.97 Å². The summed E-state index contributed by atoms with van der Waals surface area (Å²) in [5.41, 5.74) is 1.21. The number of rotatable bonds is 4. The first-order valence-electron chi connectivity index (χ1n) is 5.45. The molecular formula is C12H9N3O2S2. The molecule has 3 rings (SSSR count). The minimum Gasteiger partial charge on any atom is -0.478 e. The van der Waals surface area contributed by atoms with Crippen molar-refractivity contribution >= 4 is 34.0 Å². The van der Waals surface area contributed by atoms with Gasteiger partial charge in [-0.2, -0.15) is 0 Å². The van der Waals surface area contributed by atoms with Gasteiger partial charge in [-0.3, -0.25) is 4.40 Å². The first-order chi connectivity index (χ1) is 9.22. The summed E-state index contributed by atoms with van der Waals surface area (Å²) >= 11 is 3.06. The van der Waals surface area contributed by atoms with Crippen LogP contribution in [0.15, 0.2) is 41.1 Å². The maximum absolute atomic E-state index is 10.9. The van der Waals surface area contributed by atoms with Gasteiger partial charge in [0.25, 0.3) is 0 Å². The van der Waals surface area contributed by atoms with Gasteiger partial charge in [0.15, 0.2) is 4.96 Å². The number of aromatic nitrogens is 3. The van der Waals surface area contributed by atoms with Crippen molar-refractivity contribution in [2.24, 2.45) is 0 Å². The van der Waals surface area contributed by atoms with Crippen LogP contribution in [0.5, 0.6) is 0 Å². The van der Waals surface area contributed by atoms with Gasteiger partial charge in [0.05, 0.1) is 16.3 Å². The molecule has 0 saturated carbocycles. The number of fused-ring (bicyclic) bond motifs is 1. The average Bonchev–Trinajstić information content (AvgIpc) is 2.97. The molecule has 3 aromatic heterocycles. The fraction of sp³-hybridized carbons (Fsp3) is 0.0833. The molecule has 0 amide bonds. The van der Waals surface area contributed by atoms with E-state index in [2.05, 4.69) is 9.97 Å². The summed E-state index contributed by atoms with van der Waals surface area (Å²) in [7, 11) is 0. The van der Waals surface area contributed by atoms with Gasteiger partial charge in [-0.1, -0.05) is 11.8 Å². The number of carboxylic acid groups (broad SMARTS) is 1. The van der Waals surface area contributed by atoms with E-state index in [0.29, 0.717) is 10.8 Å². The molecule has 0 saturated heterocycles. The van der Waals surface area contributed by atoms with Crippen LogP contribution in [0.4, 0.5) is 0 Å². The van der Waals surface area contributed by atoms with Crippen LogP contribution in [-0.2, 0) is 5.75 Å². The molecule has 3 aromatic rings. The molecule has 96 valence electrons. The van der Waals surface area contributed by atoms with Gasteiger partial charge in [0, 0.05) is 29.7 Å². The lowest BCUT2D eigenvalue weighted by Gasteiger charge is -1.99. The van der Waals surface area contributed by atoms with E-state index in [1.165, 1.54) is 24.0 Å². The third-order valence-electron chi connectivity index (χ3n) is 2.49. The van der Waals surface area contributed by atoms with Crippen LogP contribution in [0.1, 0.15) is 16.1 Å². The van der Waals surface area contributed by atoms with Crippen LogP contribution in [-0.4, -0.2) is 25.4 Å². The highest BCUT2D eigenvalue weighted by Crippen LogP contribution is 2.22. The number of carboxylic acids is 1. The molecular weight excluding hydrogens is 282 g/mol. The Morgan fingerprint density at radius 1 is 1.53 bits per heavy atom. The average molecular weight is 291 g/mol. The number of nitrogens with zero attached hydrogens (tertiary/aromatic N) is 3. The smallest absolute Gasteiger partial charge is 0.335 e. The van der Waals surface area contributed by atoms with Crippen LogP contribution in [0, 0.1) is 0 Å². The Labute approximate surface area is 116 Å². The van der Waals surface area contributed by atoms with Gasteiger partial charge in [-0.05, 0) is 12.1 Å². The molecule has 1 N–H and O–H groups in total. The molecule has 0 aliphatic rings. The third kappa shape index (κ3) is 2.61. The van der Waals surface area contributed by atoms with Crippen molar-refractivity contribution in [1.29, 1.82) is 0 Å². The van der Waals surface area contributed by atoms with Crippen LogP contribution >= 0.6 is 23.1 Å². The Balaban J connectivity index is 1.73. The van der Waals surface area contributed by atoms with Gasteiger partial charge in [-0.25, -0.2) is 14.8 Å². The number of hydrogen-bond acceptors (Lipinski definition) is 5. The molecule has 0 bridgehead atoms. The number of thioether (sulfide) groups is 1. The SMILES string of the molecule is O=C(O)c1ccnc(SCc2cn3ccsc3n2)c1. The van der Waals surface area contributed by atoms with Crippen molar-refractivity contribution in [2.45, 2.75) is 10.8 Å². The predicted molar refractivity (Wildman–Crippen MR) is 73.8 cm³/mol. The molecule has 0 spiro atoms. The van der Waals surface area contributed by atoms with Crippen molar-refractivity contribution in [3.05, 3.63) is 47.4 Å². The second kappa shape index (κ2) is 5.02. The summed E-state index contributed by atoms with van der Waals surface area (Å²) in [5.74, 6) is -0.267. The normalized spacial score (nSPS) is 10.9. The van der Waals surface area contributed by atoms with Crippen LogP contribution in [0.2, 0.25) is 0 Å². The fourth-order valence-electron chi connectivity index (χ4n) is 1.61. The first kappa shape index (κ1) is 12.2. The zero-order chi connectivity index (χ0) is 13.2. The Kier molecular flexibility index (Phi) is 3.22. The highest BCUT2D eigenvalue weighted by atomic mass is 32.2. The molecule has 0 aliphatic heterocycles. The summed E-state index contributed by atoms with van der Waals surface area (Å²) in [6.07, 6.45) is 5.45. The van der Waals surface area contributed by atoms with E-state index in [4.69, 9.17) is 5.11 Å².